The van der Waals surface area contributed by atoms with E-state index in [9.17, 15) is 4.79 Å². The number of hydrogen-bond donors (Lipinski definition) is 1. The molecule has 0 aliphatic carbocycles. The molecule has 0 heterocycles. The fourth-order valence-corrected chi connectivity index (χ4v) is 0. The summed E-state index contributed by atoms with van der Waals surface area (Å²) in [4.78, 5) is 9.41. The summed E-state index contributed by atoms with van der Waals surface area (Å²) in [5, 5.41) is 7.76. The van der Waals surface area contributed by atoms with Crippen LogP contribution in [0.4, 0.5) is 4.79 Å². The molecular weight excluding hydrogens is 313 g/mol. The van der Waals surface area contributed by atoms with E-state index in [1.165, 1.54) is 0 Å². The maximum absolute atomic E-state index is 9.41. The summed E-state index contributed by atoms with van der Waals surface area (Å²) in [5.41, 5.74) is 0. The van der Waals surface area contributed by atoms with Gasteiger partial charge in [0.2, 0.25) is 0 Å². The molecule has 1 N–H and O–H groups in total. The molecule has 0 aromatic rings. The molecule has 0 aliphatic rings. The fourth-order valence-electron chi connectivity index (χ4n) is 0. The normalized spacial score (nSPS) is 8.17. The van der Waals surface area contributed by atoms with Gasteiger partial charge in [0.05, 0.1) is 0 Å². The quantitative estimate of drug-likeness (QED) is 0.554. The Hall–Kier alpha value is 1.42. The summed E-state index contributed by atoms with van der Waals surface area (Å²) in [6.07, 6.45) is 0. The topological polar surface area (TPSA) is 37.3 Å². The monoisotopic (exact) mass is 320 g/mol. The average molecular weight is 319 g/mol. The minimum absolute atomic E-state index is 0. The molecule has 0 bridgehead atoms. The van der Waals surface area contributed by atoms with E-state index < -0.39 is 18.6 Å². The predicted octanol–water partition coefficient (Wildman–Crippen LogP) is -2.27. The first-order valence-electron chi connectivity index (χ1n) is 0.901. The van der Waals surface area contributed by atoms with Crippen LogP contribution in [0.25, 0.3) is 0 Å². The molecule has 5 heteroatoms. The van der Waals surface area contributed by atoms with E-state index in [-0.39, 0.29) is 25.8 Å². The van der Waals surface area contributed by atoms with Crippen LogP contribution in [0.2, 0.25) is 0 Å². The van der Waals surface area contributed by atoms with E-state index >= 15 is 0 Å². The second-order valence-corrected chi connectivity index (χ2v) is 4.22. The van der Waals surface area contributed by atoms with Crippen LogP contribution in [0.1, 0.15) is 0 Å². The van der Waals surface area contributed by atoms with Crippen molar-refractivity contribution >= 4 is 58.5 Å². The number of carbonyl (C=O) groups is 1. The third-order valence-corrected chi connectivity index (χ3v) is 2.58. The van der Waals surface area contributed by atoms with Crippen molar-refractivity contribution in [3.05, 3.63) is 0 Å². The fraction of sp³-hybridized carbons (Fsp3) is 0. The van der Waals surface area contributed by atoms with Gasteiger partial charge in [0, 0.05) is 0 Å². The number of hydrogen-bond acceptors (Lipinski definition) is 1. The number of rotatable bonds is 1. The van der Waals surface area contributed by atoms with Gasteiger partial charge in [0.1, 0.15) is 0 Å². The van der Waals surface area contributed by atoms with Gasteiger partial charge in [-0.05, 0) is 0 Å². The third kappa shape index (κ3) is 9.05. The van der Waals surface area contributed by atoms with Crippen molar-refractivity contribution in [2.24, 2.45) is 0 Å². The Kier molecular flexibility index (Phi) is 11.1. The molecule has 36 valence electrons. The molecule has 0 amide bonds. The van der Waals surface area contributed by atoms with Crippen LogP contribution in [-0.4, -0.2) is 63.6 Å². The average Bonchev–Trinajstić information content (AvgIpc) is 1.38. The molecule has 0 spiro atoms. The SMILES string of the molecule is O=C(O)[AsH][SeH].[InH3]. The maximum atomic E-state index is 9.41. The van der Waals surface area contributed by atoms with Crippen molar-refractivity contribution in [2.75, 3.05) is 0 Å². The van der Waals surface area contributed by atoms with E-state index in [4.69, 9.17) is 5.11 Å². The van der Waals surface area contributed by atoms with Gasteiger partial charge in [-0.3, -0.25) is 0 Å². The molecular formula is CH6AsInO2Se. The van der Waals surface area contributed by atoms with E-state index in [2.05, 4.69) is 14.0 Å². The summed E-state index contributed by atoms with van der Waals surface area (Å²) in [6.45, 7) is 0. The molecule has 2 nitrogen and oxygen atoms in total. The van der Waals surface area contributed by atoms with E-state index in [0.29, 0.717) is 0 Å². The predicted molar refractivity (Wildman–Crippen MR) is 32.3 cm³/mol. The van der Waals surface area contributed by atoms with Crippen LogP contribution in [-0.2, 0) is 0 Å². The van der Waals surface area contributed by atoms with E-state index in [1.54, 1.807) is 0 Å². The van der Waals surface area contributed by atoms with Gasteiger partial charge in [-0.25, -0.2) is 0 Å². The van der Waals surface area contributed by atoms with Gasteiger partial charge in [-0.1, -0.05) is 0 Å². The molecule has 0 radical (unpaired) electrons. The molecule has 0 aromatic heterocycles. The van der Waals surface area contributed by atoms with Crippen molar-refractivity contribution in [2.45, 2.75) is 0 Å². The van der Waals surface area contributed by atoms with Crippen LogP contribution in [0.5, 0.6) is 0 Å². The summed E-state index contributed by atoms with van der Waals surface area (Å²) < 4.78 is -0.648. The molecule has 1 atom stereocenters. The first-order chi connectivity index (χ1) is 2.27. The van der Waals surface area contributed by atoms with Crippen LogP contribution in [0.3, 0.4) is 0 Å². The molecule has 0 fully saturated rings. The Labute approximate surface area is 67.8 Å². The van der Waals surface area contributed by atoms with Crippen LogP contribution in [0, 0.1) is 0 Å². The van der Waals surface area contributed by atoms with Gasteiger partial charge in [-0.2, -0.15) is 0 Å². The Morgan fingerprint density at radius 2 is 2.00 bits per heavy atom. The summed E-state index contributed by atoms with van der Waals surface area (Å²) in [7, 11) is 0. The summed E-state index contributed by atoms with van der Waals surface area (Å²) in [5.74, 6) is 0. The molecule has 1 unspecified atom stereocenters. The second-order valence-electron chi connectivity index (χ2n) is 0.417. The molecule has 6 heavy (non-hydrogen) atoms. The van der Waals surface area contributed by atoms with Crippen LogP contribution >= 0.6 is 0 Å². The minimum atomic E-state index is -0.701. The van der Waals surface area contributed by atoms with Crippen molar-refractivity contribution in [3.63, 3.8) is 0 Å². The van der Waals surface area contributed by atoms with Crippen molar-refractivity contribution in [1.82, 2.24) is 0 Å². The van der Waals surface area contributed by atoms with Gasteiger partial charge >= 0.3 is 68.4 Å². The van der Waals surface area contributed by atoms with Crippen LogP contribution in [0.15, 0.2) is 0 Å². The molecule has 0 rings (SSSR count). The van der Waals surface area contributed by atoms with E-state index in [0.717, 1.165) is 0 Å². The van der Waals surface area contributed by atoms with Gasteiger partial charge in [0.25, 0.3) is 0 Å². The Balaban J connectivity index is 0. The van der Waals surface area contributed by atoms with Gasteiger partial charge < -0.3 is 0 Å². The van der Waals surface area contributed by atoms with E-state index in [1.807, 2.05) is 0 Å². The third-order valence-electron chi connectivity index (χ3n) is 0.0956. The first kappa shape index (κ1) is 10.4. The number of carboxylic acid groups (broad SMARTS) is 1. The second kappa shape index (κ2) is 6.42. The zero-order valence-electron chi connectivity index (χ0n) is 2.30. The van der Waals surface area contributed by atoms with Crippen LogP contribution < -0.4 is 0 Å². The zero-order chi connectivity index (χ0) is 4.28. The standard InChI is InChI=1S/CH3AsO2Se.In.3H/c3-1(4)2-5;;;;/h2,5H,(H,3,4);;;;. The Morgan fingerprint density at radius 1 is 1.83 bits per heavy atom. The molecule has 0 aromatic carbocycles. The van der Waals surface area contributed by atoms with Gasteiger partial charge in [-0.15, -0.1) is 0 Å². The van der Waals surface area contributed by atoms with Crippen molar-refractivity contribution in [1.29, 1.82) is 0 Å². The Morgan fingerprint density at radius 3 is 2.00 bits per heavy atom. The molecule has 0 saturated carbocycles. The Bertz CT molecular complexity index is 48.8. The molecule has 0 saturated heterocycles. The summed E-state index contributed by atoms with van der Waals surface area (Å²) >= 11 is 1.39. The molecule has 0 aliphatic heterocycles. The summed E-state index contributed by atoms with van der Waals surface area (Å²) in [6, 6.07) is 0. The zero-order valence-corrected chi connectivity index (χ0v) is 6.28. The van der Waals surface area contributed by atoms with Crippen molar-refractivity contribution < 1.29 is 9.90 Å². The van der Waals surface area contributed by atoms with Crippen molar-refractivity contribution in [3.8, 4) is 0 Å². The first-order valence-corrected chi connectivity index (χ1v) is 7.76. The van der Waals surface area contributed by atoms with Gasteiger partial charge in [0.15, 0.2) is 0 Å².